The van der Waals surface area contributed by atoms with E-state index >= 15 is 0 Å². The van der Waals surface area contributed by atoms with Gasteiger partial charge in [0.05, 0.1) is 12.5 Å². The van der Waals surface area contributed by atoms with Crippen LogP contribution in [0, 0.1) is 10.1 Å². The average molecular weight is 399 g/mol. The predicted molar refractivity (Wildman–Crippen MR) is 93.1 cm³/mol. The lowest BCUT2D eigenvalue weighted by atomic mass is 9.78. The molecule has 1 rings (SSSR count). The van der Waals surface area contributed by atoms with Crippen LogP contribution in [0.4, 0.5) is 0 Å². The molecule has 0 N–H and O–H groups in total. The fraction of sp³-hybridized carbons (Fsp3) is 0.529. The van der Waals surface area contributed by atoms with Crippen LogP contribution in [0.2, 0.25) is 0 Å². The first-order valence-corrected chi connectivity index (χ1v) is 8.30. The van der Waals surface area contributed by atoms with E-state index < -0.39 is 5.41 Å². The van der Waals surface area contributed by atoms with E-state index in [0.717, 1.165) is 41.2 Å². The first-order valence-electron chi connectivity index (χ1n) is 7.22. The molecule has 1 unspecified atom stereocenters. The number of ether oxygens (including phenoxy) is 1. The van der Waals surface area contributed by atoms with Crippen LogP contribution >= 0.6 is 22.6 Å². The molecule has 0 bridgehead atoms. The number of benzene rings is 1. The molecule has 0 aliphatic rings. The number of carbonyl (C=O) groups excluding carboxylic acids is 1. The van der Waals surface area contributed by atoms with Gasteiger partial charge in [0.1, 0.15) is 0 Å². The topological polar surface area (TPSA) is 30.7 Å². The number of carbonyl (C=O) groups is 1. The van der Waals surface area contributed by atoms with Gasteiger partial charge in [-0.1, -0.05) is 25.0 Å². The van der Waals surface area contributed by atoms with E-state index in [0.29, 0.717) is 6.54 Å². The minimum atomic E-state index is -0.588. The highest BCUT2D eigenvalue weighted by Gasteiger charge is 2.35. The molecule has 0 saturated heterocycles. The zero-order valence-corrected chi connectivity index (χ0v) is 14.9. The highest BCUT2D eigenvalue weighted by Crippen LogP contribution is 2.32. The number of esters is 1. The zero-order valence-electron chi connectivity index (χ0n) is 12.7. The molecule has 1 atom stereocenters. The molecule has 1 aromatic carbocycles. The van der Waals surface area contributed by atoms with Crippen LogP contribution in [0.3, 0.4) is 0 Å². The van der Waals surface area contributed by atoms with Crippen molar-refractivity contribution < 1.29 is 9.53 Å². The monoisotopic (exact) mass is 399 g/mol. The maximum Gasteiger partial charge on any atom is 0.315 e. The number of methoxy groups -OCH3 is 1. The summed E-state index contributed by atoms with van der Waals surface area (Å²) in [7, 11) is 1.45. The second kappa shape index (κ2) is 9.04. The fourth-order valence-electron chi connectivity index (χ4n) is 2.44. The Bertz CT molecular complexity index is 510. The summed E-state index contributed by atoms with van der Waals surface area (Å²) in [6.45, 7) is 9.32. The number of rotatable bonds is 8. The quantitative estimate of drug-likeness (QED) is 0.277. The summed E-state index contributed by atoms with van der Waals surface area (Å²) in [5.74, 6) is -0.175. The van der Waals surface area contributed by atoms with Crippen molar-refractivity contribution in [3.05, 3.63) is 44.8 Å². The fourth-order valence-corrected chi connectivity index (χ4v) is 2.99. The molecule has 114 valence electrons. The van der Waals surface area contributed by atoms with Gasteiger partial charge in [0.15, 0.2) is 0 Å². The Morgan fingerprint density at radius 1 is 1.33 bits per heavy atom. The van der Waals surface area contributed by atoms with Gasteiger partial charge in [-0.3, -0.25) is 4.79 Å². The Morgan fingerprint density at radius 3 is 2.67 bits per heavy atom. The molecule has 0 amide bonds. The molecule has 1 aromatic rings. The lowest BCUT2D eigenvalue weighted by molar-refractivity contribution is -0.147. The molecule has 0 saturated carbocycles. The van der Waals surface area contributed by atoms with Gasteiger partial charge >= 0.3 is 5.97 Å². The van der Waals surface area contributed by atoms with Gasteiger partial charge in [0.2, 0.25) is 6.54 Å². The molecule has 3 nitrogen and oxygen atoms in total. The molecule has 0 aliphatic carbocycles. The van der Waals surface area contributed by atoms with Crippen LogP contribution in [0.25, 0.3) is 4.85 Å². The molecule has 0 heterocycles. The van der Waals surface area contributed by atoms with Crippen molar-refractivity contribution in [3.63, 3.8) is 0 Å². The number of hydrogen-bond acceptors (Lipinski definition) is 2. The van der Waals surface area contributed by atoms with E-state index in [9.17, 15) is 4.79 Å². The largest absolute Gasteiger partial charge is 0.468 e. The van der Waals surface area contributed by atoms with Crippen molar-refractivity contribution in [1.29, 1.82) is 0 Å². The van der Waals surface area contributed by atoms with Crippen molar-refractivity contribution in [2.24, 2.45) is 0 Å². The molecule has 21 heavy (non-hydrogen) atoms. The van der Waals surface area contributed by atoms with Crippen molar-refractivity contribution in [3.8, 4) is 0 Å². The maximum absolute atomic E-state index is 12.2. The standard InChI is InChI=1S/C17H22INO2/c1-17(16(20)21-3,11-6-4-5-7-12-19-2)14-9-8-10-15(18)13-14/h8-10,13H,4-7,11-12H2,1,3H3. The summed E-state index contributed by atoms with van der Waals surface area (Å²) < 4.78 is 6.15. The minimum absolute atomic E-state index is 0.175. The Labute approximate surface area is 141 Å². The van der Waals surface area contributed by atoms with Crippen molar-refractivity contribution in [2.75, 3.05) is 13.7 Å². The molecule has 0 fully saturated rings. The van der Waals surface area contributed by atoms with Gasteiger partial charge in [-0.15, -0.1) is 0 Å². The third kappa shape index (κ3) is 5.31. The average Bonchev–Trinajstić information content (AvgIpc) is 2.49. The van der Waals surface area contributed by atoms with Crippen LogP contribution in [0.1, 0.15) is 44.6 Å². The highest BCUT2D eigenvalue weighted by molar-refractivity contribution is 14.1. The van der Waals surface area contributed by atoms with Crippen molar-refractivity contribution >= 4 is 28.6 Å². The van der Waals surface area contributed by atoms with Crippen LogP contribution < -0.4 is 0 Å². The second-order valence-corrected chi connectivity index (χ2v) is 6.63. The van der Waals surface area contributed by atoms with Crippen molar-refractivity contribution in [1.82, 2.24) is 0 Å². The number of hydrogen-bond donors (Lipinski definition) is 0. The van der Waals surface area contributed by atoms with Gasteiger partial charge in [-0.25, -0.2) is 6.57 Å². The lowest BCUT2D eigenvalue weighted by Gasteiger charge is -2.27. The minimum Gasteiger partial charge on any atom is -0.468 e. The SMILES string of the molecule is [C-]#[N+]CCCCCCC(C)(C(=O)OC)c1cccc(I)c1. The first kappa shape index (κ1) is 18.0. The Kier molecular flexibility index (Phi) is 7.73. The molecule has 0 spiro atoms. The molecular weight excluding hydrogens is 377 g/mol. The molecule has 0 aliphatic heterocycles. The van der Waals surface area contributed by atoms with Gasteiger partial charge in [0, 0.05) is 9.99 Å². The van der Waals surface area contributed by atoms with E-state index in [2.05, 4.69) is 33.5 Å². The third-order valence-electron chi connectivity index (χ3n) is 3.79. The maximum atomic E-state index is 12.2. The molecule has 0 aromatic heterocycles. The van der Waals surface area contributed by atoms with Crippen LogP contribution in [0.5, 0.6) is 0 Å². The highest BCUT2D eigenvalue weighted by atomic mass is 127. The van der Waals surface area contributed by atoms with Crippen molar-refractivity contribution in [2.45, 2.75) is 44.4 Å². The summed E-state index contributed by atoms with van der Waals surface area (Å²) in [5.41, 5.74) is 0.429. The smallest absolute Gasteiger partial charge is 0.315 e. The van der Waals surface area contributed by atoms with E-state index in [4.69, 9.17) is 11.3 Å². The molecule has 0 radical (unpaired) electrons. The van der Waals surface area contributed by atoms with Gasteiger partial charge in [-0.05, 0) is 60.1 Å². The number of unbranched alkanes of at least 4 members (excludes halogenated alkanes) is 3. The Morgan fingerprint density at radius 2 is 2.05 bits per heavy atom. The summed E-state index contributed by atoms with van der Waals surface area (Å²) in [5, 5.41) is 0. The third-order valence-corrected chi connectivity index (χ3v) is 4.47. The summed E-state index contributed by atoms with van der Waals surface area (Å²) >= 11 is 2.26. The van der Waals surface area contributed by atoms with Crippen LogP contribution in [0.15, 0.2) is 24.3 Å². The van der Waals surface area contributed by atoms with E-state index in [1.165, 1.54) is 7.11 Å². The lowest BCUT2D eigenvalue weighted by Crippen LogP contribution is -2.33. The molecular formula is C17H22INO2. The molecule has 4 heteroatoms. The Hall–Kier alpha value is -1.09. The summed E-state index contributed by atoms with van der Waals surface area (Å²) in [4.78, 5) is 15.6. The van der Waals surface area contributed by atoms with Crippen LogP contribution in [-0.4, -0.2) is 19.6 Å². The first-order chi connectivity index (χ1) is 10.0. The normalized spacial score (nSPS) is 13.2. The van der Waals surface area contributed by atoms with Gasteiger partial charge < -0.3 is 9.58 Å². The van der Waals surface area contributed by atoms with Gasteiger partial charge in [-0.2, -0.15) is 0 Å². The predicted octanol–water partition coefficient (Wildman–Crippen LogP) is 4.59. The number of halogens is 1. The van der Waals surface area contributed by atoms with E-state index in [1.54, 1.807) is 0 Å². The van der Waals surface area contributed by atoms with Gasteiger partial charge in [0.25, 0.3) is 0 Å². The Balaban J connectivity index is 2.72. The second-order valence-electron chi connectivity index (χ2n) is 5.38. The van der Waals surface area contributed by atoms with E-state index in [1.807, 2.05) is 25.1 Å². The zero-order chi connectivity index (χ0) is 15.7. The van der Waals surface area contributed by atoms with Crippen LogP contribution in [-0.2, 0) is 14.9 Å². The summed E-state index contributed by atoms with van der Waals surface area (Å²) in [6.07, 6.45) is 4.78. The number of nitrogens with zero attached hydrogens (tertiary/aromatic N) is 1. The summed E-state index contributed by atoms with van der Waals surface area (Å²) in [6, 6.07) is 8.05. The van der Waals surface area contributed by atoms with E-state index in [-0.39, 0.29) is 5.97 Å².